The van der Waals surface area contributed by atoms with Crippen LogP contribution in [0.15, 0.2) is 18.2 Å². The molecule has 3 atom stereocenters. The highest BCUT2D eigenvalue weighted by molar-refractivity contribution is 5.74. The van der Waals surface area contributed by atoms with E-state index in [0.29, 0.717) is 24.3 Å². The standard InChI is InChI=1S/C23H35N2O2.HI/c1-7-22-24(6)20-12-16(4)9-11-19(20)25(22)14-23(26)27-21-13-17(5)8-10-18(21)15(2)3;/h9,11-12,15,17-18,21H,7-8,10,13-14H2,1-6H3;1H/q+1;/p-1/t17-,18+,21-;/m1./s1. The molecule has 1 aliphatic carbocycles. The minimum absolute atomic E-state index is 0. The quantitative estimate of drug-likeness (QED) is 0.355. The van der Waals surface area contributed by atoms with E-state index in [9.17, 15) is 4.79 Å². The zero-order valence-electron chi connectivity index (χ0n) is 18.2. The molecule has 5 heteroatoms. The molecular weight excluding hydrogens is 463 g/mol. The number of esters is 1. The number of hydrogen-bond acceptors (Lipinski definition) is 2. The van der Waals surface area contributed by atoms with Gasteiger partial charge in [0.15, 0.2) is 17.6 Å². The summed E-state index contributed by atoms with van der Waals surface area (Å²) in [5.74, 6) is 2.72. The summed E-state index contributed by atoms with van der Waals surface area (Å²) in [6, 6.07) is 6.42. The summed E-state index contributed by atoms with van der Waals surface area (Å²) in [6.45, 7) is 11.3. The summed E-state index contributed by atoms with van der Waals surface area (Å²) in [4.78, 5) is 12.9. The van der Waals surface area contributed by atoms with Gasteiger partial charge >= 0.3 is 5.97 Å². The number of rotatable bonds is 5. The predicted octanol–water partition coefficient (Wildman–Crippen LogP) is 1.34. The zero-order valence-corrected chi connectivity index (χ0v) is 20.3. The maximum Gasteiger partial charge on any atom is 0.348 e. The van der Waals surface area contributed by atoms with Crippen LogP contribution in [0.5, 0.6) is 0 Å². The number of carbonyl (C=O) groups excluding carboxylic acids is 1. The van der Waals surface area contributed by atoms with Gasteiger partial charge in [-0.2, -0.15) is 0 Å². The maximum atomic E-state index is 12.9. The number of aryl methyl sites for hydroxylation is 2. The van der Waals surface area contributed by atoms with E-state index < -0.39 is 0 Å². The van der Waals surface area contributed by atoms with Crippen molar-refractivity contribution in [1.29, 1.82) is 0 Å². The highest BCUT2D eigenvalue weighted by Gasteiger charge is 2.34. The van der Waals surface area contributed by atoms with E-state index >= 15 is 0 Å². The fraction of sp³-hybridized carbons (Fsp3) is 0.652. The van der Waals surface area contributed by atoms with Crippen molar-refractivity contribution in [3.05, 3.63) is 29.6 Å². The van der Waals surface area contributed by atoms with Crippen LogP contribution in [0.2, 0.25) is 0 Å². The molecular formula is C23H35IN2O2. The molecule has 1 aliphatic rings. The van der Waals surface area contributed by atoms with Crippen molar-refractivity contribution in [2.75, 3.05) is 0 Å². The van der Waals surface area contributed by atoms with Gasteiger partial charge in [0, 0.05) is 6.42 Å². The molecule has 1 saturated carbocycles. The van der Waals surface area contributed by atoms with E-state index in [1.807, 2.05) is 0 Å². The van der Waals surface area contributed by atoms with Gasteiger partial charge < -0.3 is 28.7 Å². The Labute approximate surface area is 186 Å². The molecule has 0 unspecified atom stereocenters. The third-order valence-corrected chi connectivity index (χ3v) is 6.33. The van der Waals surface area contributed by atoms with Crippen LogP contribution in [0.1, 0.15) is 58.3 Å². The number of hydrogen-bond donors (Lipinski definition) is 0. The van der Waals surface area contributed by atoms with Gasteiger partial charge in [-0.25, -0.2) is 13.9 Å². The second kappa shape index (κ2) is 9.59. The van der Waals surface area contributed by atoms with E-state index in [-0.39, 0.29) is 36.0 Å². The van der Waals surface area contributed by atoms with Crippen molar-refractivity contribution < 1.29 is 38.1 Å². The number of aromatic nitrogens is 2. The molecule has 28 heavy (non-hydrogen) atoms. The molecule has 2 aromatic rings. The summed E-state index contributed by atoms with van der Waals surface area (Å²) >= 11 is 0. The number of carbonyl (C=O) groups is 1. The Hall–Kier alpha value is -1.11. The number of imidazole rings is 1. The zero-order chi connectivity index (χ0) is 19.7. The number of halogens is 1. The van der Waals surface area contributed by atoms with E-state index in [0.717, 1.165) is 30.6 Å². The van der Waals surface area contributed by atoms with Crippen LogP contribution < -0.4 is 28.5 Å². The number of nitrogens with zero attached hydrogens (tertiary/aromatic N) is 2. The molecule has 0 aliphatic heterocycles. The van der Waals surface area contributed by atoms with Crippen LogP contribution in [-0.4, -0.2) is 16.6 Å². The summed E-state index contributed by atoms with van der Waals surface area (Å²) in [5, 5.41) is 0. The van der Waals surface area contributed by atoms with E-state index in [2.05, 4.69) is 69.0 Å². The third-order valence-electron chi connectivity index (χ3n) is 6.33. The molecule has 0 N–H and O–H groups in total. The van der Waals surface area contributed by atoms with Crippen LogP contribution in [0.4, 0.5) is 0 Å². The minimum Gasteiger partial charge on any atom is -1.00 e. The van der Waals surface area contributed by atoms with Crippen molar-refractivity contribution >= 4 is 17.0 Å². The average molecular weight is 498 g/mol. The Bertz CT molecular complexity index is 828. The monoisotopic (exact) mass is 498 g/mol. The van der Waals surface area contributed by atoms with Gasteiger partial charge in [-0.05, 0) is 55.2 Å². The van der Waals surface area contributed by atoms with Crippen molar-refractivity contribution in [1.82, 2.24) is 4.57 Å². The predicted molar refractivity (Wildman–Crippen MR) is 108 cm³/mol. The number of ether oxygens (including phenoxy) is 1. The Morgan fingerprint density at radius 1 is 1.32 bits per heavy atom. The van der Waals surface area contributed by atoms with Crippen molar-refractivity contribution in [2.24, 2.45) is 24.8 Å². The van der Waals surface area contributed by atoms with Gasteiger partial charge in [-0.1, -0.05) is 40.2 Å². The van der Waals surface area contributed by atoms with Crippen LogP contribution in [0, 0.1) is 24.7 Å². The highest BCUT2D eigenvalue weighted by Crippen LogP contribution is 2.35. The van der Waals surface area contributed by atoms with Gasteiger partial charge in [-0.3, -0.25) is 0 Å². The molecule has 1 fully saturated rings. The maximum absolute atomic E-state index is 12.9. The second-order valence-corrected chi connectivity index (χ2v) is 8.76. The largest absolute Gasteiger partial charge is 1.00 e. The van der Waals surface area contributed by atoms with E-state index in [4.69, 9.17) is 4.74 Å². The first-order valence-electron chi connectivity index (χ1n) is 10.5. The smallest absolute Gasteiger partial charge is 0.348 e. The summed E-state index contributed by atoms with van der Waals surface area (Å²) < 4.78 is 10.4. The van der Waals surface area contributed by atoms with Crippen LogP contribution in [-0.2, 0) is 29.5 Å². The SMILES string of the molecule is CCc1n(C)c2cc(C)ccc2[n+]1CC(=O)O[C@@H]1C[C@H](C)CC[C@H]1C(C)C.[I-]. The molecule has 0 spiro atoms. The van der Waals surface area contributed by atoms with Crippen molar-refractivity contribution in [3.63, 3.8) is 0 Å². The average Bonchev–Trinajstić information content (AvgIpc) is 2.85. The highest BCUT2D eigenvalue weighted by atomic mass is 127. The molecule has 0 amide bonds. The second-order valence-electron chi connectivity index (χ2n) is 8.76. The van der Waals surface area contributed by atoms with E-state index in [1.54, 1.807) is 0 Å². The Morgan fingerprint density at radius 2 is 2.04 bits per heavy atom. The van der Waals surface area contributed by atoms with Crippen LogP contribution in [0.3, 0.4) is 0 Å². The van der Waals surface area contributed by atoms with E-state index in [1.165, 1.54) is 17.5 Å². The molecule has 1 aromatic heterocycles. The summed E-state index contributed by atoms with van der Waals surface area (Å²) in [6.07, 6.45) is 4.34. The van der Waals surface area contributed by atoms with Crippen LogP contribution >= 0.6 is 0 Å². The molecule has 0 saturated heterocycles. The Kier molecular flexibility index (Phi) is 7.94. The number of fused-ring (bicyclic) bond motifs is 1. The lowest BCUT2D eigenvalue weighted by Gasteiger charge is -2.36. The molecule has 0 radical (unpaired) electrons. The van der Waals surface area contributed by atoms with Crippen molar-refractivity contribution in [2.45, 2.75) is 73.0 Å². The number of benzene rings is 1. The van der Waals surface area contributed by atoms with Gasteiger partial charge in [0.05, 0.1) is 7.05 Å². The van der Waals surface area contributed by atoms with Gasteiger partial charge in [0.1, 0.15) is 6.10 Å². The summed E-state index contributed by atoms with van der Waals surface area (Å²) in [5.41, 5.74) is 3.51. The minimum atomic E-state index is -0.104. The molecule has 1 heterocycles. The van der Waals surface area contributed by atoms with Gasteiger partial charge in [-0.15, -0.1) is 0 Å². The fourth-order valence-electron chi connectivity index (χ4n) is 4.78. The molecule has 0 bridgehead atoms. The summed E-state index contributed by atoms with van der Waals surface area (Å²) in [7, 11) is 2.08. The van der Waals surface area contributed by atoms with Gasteiger partial charge in [0.25, 0.3) is 5.82 Å². The fourth-order valence-corrected chi connectivity index (χ4v) is 4.78. The molecule has 156 valence electrons. The van der Waals surface area contributed by atoms with Gasteiger partial charge in [0.2, 0.25) is 0 Å². The van der Waals surface area contributed by atoms with Crippen LogP contribution in [0.25, 0.3) is 11.0 Å². The lowest BCUT2D eigenvalue weighted by molar-refractivity contribution is -0.668. The molecule has 4 nitrogen and oxygen atoms in total. The first kappa shape index (κ1) is 23.2. The lowest BCUT2D eigenvalue weighted by Crippen LogP contribution is -3.00. The molecule has 1 aromatic carbocycles. The normalized spacial score (nSPS) is 22.3. The van der Waals surface area contributed by atoms with Crippen molar-refractivity contribution in [3.8, 4) is 0 Å². The third kappa shape index (κ3) is 4.71. The Morgan fingerprint density at radius 3 is 2.68 bits per heavy atom. The first-order chi connectivity index (χ1) is 12.8. The topological polar surface area (TPSA) is 35.1 Å². The Balaban J connectivity index is 0.00000280. The lowest BCUT2D eigenvalue weighted by atomic mass is 9.75. The first-order valence-corrected chi connectivity index (χ1v) is 10.5. The molecule has 3 rings (SSSR count).